The SMILES string of the molecule is CCCC1=C(C(=O)OC)C(c2cccc(OC)c2OCc2ccccc2F)NC(=O)N1. The summed E-state index contributed by atoms with van der Waals surface area (Å²) in [5, 5.41) is 5.47. The van der Waals surface area contributed by atoms with Crippen LogP contribution in [0.3, 0.4) is 0 Å². The Morgan fingerprint density at radius 3 is 2.58 bits per heavy atom. The Kier molecular flexibility index (Phi) is 7.12. The smallest absolute Gasteiger partial charge is 0.337 e. The van der Waals surface area contributed by atoms with Gasteiger partial charge in [-0.3, -0.25) is 0 Å². The molecule has 1 atom stereocenters. The molecule has 0 radical (unpaired) electrons. The largest absolute Gasteiger partial charge is 0.493 e. The highest BCUT2D eigenvalue weighted by Crippen LogP contribution is 2.40. The molecule has 0 bridgehead atoms. The molecule has 8 heteroatoms. The molecule has 1 heterocycles. The summed E-state index contributed by atoms with van der Waals surface area (Å²) in [5.74, 6) is -0.265. The Labute approximate surface area is 180 Å². The number of nitrogens with one attached hydrogen (secondary N) is 2. The number of urea groups is 1. The number of carbonyl (C=O) groups excluding carboxylic acids is 2. The van der Waals surface area contributed by atoms with Gasteiger partial charge < -0.3 is 24.8 Å². The summed E-state index contributed by atoms with van der Waals surface area (Å²) in [4.78, 5) is 25.0. The molecule has 2 N–H and O–H groups in total. The van der Waals surface area contributed by atoms with Crippen molar-refractivity contribution in [1.82, 2.24) is 10.6 Å². The minimum Gasteiger partial charge on any atom is -0.493 e. The molecule has 1 unspecified atom stereocenters. The van der Waals surface area contributed by atoms with Crippen LogP contribution in [-0.2, 0) is 16.1 Å². The molecular formula is C23H25FN2O5. The van der Waals surface area contributed by atoms with Gasteiger partial charge in [-0.05, 0) is 18.6 Å². The monoisotopic (exact) mass is 428 g/mol. The van der Waals surface area contributed by atoms with E-state index >= 15 is 0 Å². The van der Waals surface area contributed by atoms with Crippen LogP contribution in [0, 0.1) is 5.82 Å². The summed E-state index contributed by atoms with van der Waals surface area (Å²) in [7, 11) is 2.77. The molecule has 2 aromatic carbocycles. The second-order valence-corrected chi connectivity index (χ2v) is 6.92. The van der Waals surface area contributed by atoms with E-state index in [-0.39, 0.29) is 12.2 Å². The first-order valence-corrected chi connectivity index (χ1v) is 9.92. The first kappa shape index (κ1) is 22.1. The van der Waals surface area contributed by atoms with E-state index in [1.807, 2.05) is 6.92 Å². The summed E-state index contributed by atoms with van der Waals surface area (Å²) in [5.41, 5.74) is 1.64. The summed E-state index contributed by atoms with van der Waals surface area (Å²) in [6.45, 7) is 1.89. The lowest BCUT2D eigenvalue weighted by atomic mass is 9.93. The fourth-order valence-corrected chi connectivity index (χ4v) is 3.49. The summed E-state index contributed by atoms with van der Waals surface area (Å²) >= 11 is 0. The Balaban J connectivity index is 2.07. The number of rotatable bonds is 8. The summed E-state index contributed by atoms with van der Waals surface area (Å²) in [6.07, 6.45) is 1.21. The van der Waals surface area contributed by atoms with Crippen LogP contribution in [0.1, 0.15) is 36.9 Å². The zero-order valence-corrected chi connectivity index (χ0v) is 17.7. The molecule has 31 heavy (non-hydrogen) atoms. The Hall–Kier alpha value is -3.55. The van der Waals surface area contributed by atoms with Gasteiger partial charge in [0.15, 0.2) is 11.5 Å². The molecule has 0 aliphatic carbocycles. The number of carbonyl (C=O) groups is 2. The van der Waals surface area contributed by atoms with Crippen LogP contribution < -0.4 is 20.1 Å². The fourth-order valence-electron chi connectivity index (χ4n) is 3.49. The van der Waals surface area contributed by atoms with Crippen LogP contribution in [0.4, 0.5) is 9.18 Å². The molecule has 7 nitrogen and oxygen atoms in total. The second kappa shape index (κ2) is 9.97. The van der Waals surface area contributed by atoms with Gasteiger partial charge in [0.05, 0.1) is 25.8 Å². The van der Waals surface area contributed by atoms with E-state index in [2.05, 4.69) is 10.6 Å². The minimum atomic E-state index is -0.825. The first-order valence-electron chi connectivity index (χ1n) is 9.92. The molecule has 2 aromatic rings. The van der Waals surface area contributed by atoms with Crippen molar-refractivity contribution in [2.45, 2.75) is 32.4 Å². The highest BCUT2D eigenvalue weighted by Gasteiger charge is 2.35. The topological polar surface area (TPSA) is 85.9 Å². The number of para-hydroxylation sites is 1. The van der Waals surface area contributed by atoms with Crippen molar-refractivity contribution in [2.75, 3.05) is 14.2 Å². The molecule has 1 aliphatic rings. The molecule has 0 aromatic heterocycles. The van der Waals surface area contributed by atoms with Crippen molar-refractivity contribution in [3.8, 4) is 11.5 Å². The van der Waals surface area contributed by atoms with Crippen LogP contribution in [0.25, 0.3) is 0 Å². The van der Waals surface area contributed by atoms with Gasteiger partial charge in [0.25, 0.3) is 0 Å². The van der Waals surface area contributed by atoms with Gasteiger partial charge in [0.2, 0.25) is 0 Å². The lowest BCUT2D eigenvalue weighted by Crippen LogP contribution is -2.46. The number of hydrogen-bond donors (Lipinski definition) is 2. The lowest BCUT2D eigenvalue weighted by molar-refractivity contribution is -0.136. The molecule has 1 aliphatic heterocycles. The minimum absolute atomic E-state index is 0.0575. The van der Waals surface area contributed by atoms with E-state index in [0.717, 1.165) is 6.42 Å². The Morgan fingerprint density at radius 1 is 1.13 bits per heavy atom. The molecule has 0 saturated carbocycles. The number of hydrogen-bond acceptors (Lipinski definition) is 5. The third-order valence-electron chi connectivity index (χ3n) is 4.93. The van der Waals surface area contributed by atoms with E-state index in [0.29, 0.717) is 34.7 Å². The van der Waals surface area contributed by atoms with Crippen LogP contribution in [0.15, 0.2) is 53.7 Å². The first-order chi connectivity index (χ1) is 15.0. The predicted octanol–water partition coefficient (Wildman–Crippen LogP) is 3.99. The normalized spacial score (nSPS) is 15.7. The van der Waals surface area contributed by atoms with E-state index in [4.69, 9.17) is 14.2 Å². The molecule has 0 spiro atoms. The third-order valence-corrected chi connectivity index (χ3v) is 4.93. The lowest BCUT2D eigenvalue weighted by Gasteiger charge is -2.30. The Bertz CT molecular complexity index is 1010. The fraction of sp³-hybridized carbons (Fsp3) is 0.304. The van der Waals surface area contributed by atoms with Crippen molar-refractivity contribution < 1.29 is 28.2 Å². The average Bonchev–Trinajstić information content (AvgIpc) is 2.77. The van der Waals surface area contributed by atoms with Crippen LogP contribution >= 0.6 is 0 Å². The molecule has 3 rings (SSSR count). The summed E-state index contributed by atoms with van der Waals surface area (Å²) in [6, 6.07) is 10.2. The number of methoxy groups -OCH3 is 2. The van der Waals surface area contributed by atoms with Crippen LogP contribution in [-0.4, -0.2) is 26.2 Å². The average molecular weight is 428 g/mol. The maximum atomic E-state index is 14.1. The number of allylic oxidation sites excluding steroid dienone is 1. The number of amides is 2. The number of benzene rings is 2. The molecule has 164 valence electrons. The zero-order chi connectivity index (χ0) is 22.4. The standard InChI is InChI=1S/C23H25FN2O5/c1-4-8-17-19(22(27)30-3)20(26-23(28)25-17)15-10-7-12-18(29-2)21(15)31-13-14-9-5-6-11-16(14)24/h5-7,9-12,20H,4,8,13H2,1-3H3,(H2,25,26,28). The van der Waals surface area contributed by atoms with Crippen molar-refractivity contribution in [1.29, 1.82) is 0 Å². The molecule has 2 amide bonds. The summed E-state index contributed by atoms with van der Waals surface area (Å²) < 4.78 is 30.5. The Morgan fingerprint density at radius 2 is 1.90 bits per heavy atom. The van der Waals surface area contributed by atoms with Crippen molar-refractivity contribution in [3.63, 3.8) is 0 Å². The second-order valence-electron chi connectivity index (χ2n) is 6.92. The highest BCUT2D eigenvalue weighted by molar-refractivity contribution is 5.95. The third kappa shape index (κ3) is 4.79. The molecular weight excluding hydrogens is 403 g/mol. The van der Waals surface area contributed by atoms with Gasteiger partial charge in [0.1, 0.15) is 12.4 Å². The van der Waals surface area contributed by atoms with E-state index in [1.54, 1.807) is 36.4 Å². The van der Waals surface area contributed by atoms with Gasteiger partial charge in [-0.2, -0.15) is 0 Å². The van der Waals surface area contributed by atoms with Gasteiger partial charge in [-0.25, -0.2) is 14.0 Å². The predicted molar refractivity (Wildman–Crippen MR) is 112 cm³/mol. The van der Waals surface area contributed by atoms with E-state index < -0.39 is 23.9 Å². The van der Waals surface area contributed by atoms with Gasteiger partial charge in [-0.1, -0.05) is 43.7 Å². The highest BCUT2D eigenvalue weighted by atomic mass is 19.1. The van der Waals surface area contributed by atoms with Gasteiger partial charge in [-0.15, -0.1) is 0 Å². The van der Waals surface area contributed by atoms with Crippen molar-refractivity contribution in [3.05, 3.63) is 70.7 Å². The number of halogens is 1. The van der Waals surface area contributed by atoms with Crippen LogP contribution in [0.5, 0.6) is 11.5 Å². The van der Waals surface area contributed by atoms with Gasteiger partial charge in [0, 0.05) is 16.8 Å². The number of esters is 1. The van der Waals surface area contributed by atoms with Gasteiger partial charge >= 0.3 is 12.0 Å². The molecule has 0 saturated heterocycles. The van der Waals surface area contributed by atoms with Crippen LogP contribution in [0.2, 0.25) is 0 Å². The maximum Gasteiger partial charge on any atom is 0.337 e. The van der Waals surface area contributed by atoms with Crippen molar-refractivity contribution >= 4 is 12.0 Å². The van der Waals surface area contributed by atoms with Crippen molar-refractivity contribution in [2.24, 2.45) is 0 Å². The zero-order valence-electron chi connectivity index (χ0n) is 17.7. The number of ether oxygens (including phenoxy) is 3. The van der Waals surface area contributed by atoms with E-state index in [9.17, 15) is 14.0 Å². The quantitative estimate of drug-likeness (QED) is 0.621. The maximum absolute atomic E-state index is 14.1. The molecule has 0 fully saturated rings. The van der Waals surface area contributed by atoms with E-state index in [1.165, 1.54) is 20.3 Å².